The zero-order valence-corrected chi connectivity index (χ0v) is 11.9. The van der Waals surface area contributed by atoms with Crippen LogP contribution < -0.4 is 0 Å². The van der Waals surface area contributed by atoms with E-state index < -0.39 is 6.10 Å². The van der Waals surface area contributed by atoms with Gasteiger partial charge in [0, 0.05) is 6.61 Å². The Kier molecular flexibility index (Phi) is 6.99. The van der Waals surface area contributed by atoms with Gasteiger partial charge >= 0.3 is 0 Å². The summed E-state index contributed by atoms with van der Waals surface area (Å²) in [6, 6.07) is 8.11. The van der Waals surface area contributed by atoms with Crippen molar-refractivity contribution in [1.82, 2.24) is 0 Å². The van der Waals surface area contributed by atoms with Gasteiger partial charge in [-0.15, -0.1) is 0 Å². The van der Waals surface area contributed by atoms with Crippen molar-refractivity contribution < 1.29 is 9.84 Å². The van der Waals surface area contributed by atoms with Crippen LogP contribution in [0.15, 0.2) is 24.3 Å². The average molecular weight is 250 g/mol. The Morgan fingerprint density at radius 3 is 2.39 bits per heavy atom. The van der Waals surface area contributed by atoms with Crippen LogP contribution in [0.25, 0.3) is 0 Å². The zero-order chi connectivity index (χ0) is 13.4. The molecule has 102 valence electrons. The number of aliphatic hydroxyl groups is 1. The molecule has 0 heterocycles. The van der Waals surface area contributed by atoms with Crippen LogP contribution in [-0.4, -0.2) is 18.3 Å². The summed E-state index contributed by atoms with van der Waals surface area (Å²) in [4.78, 5) is 0. The Morgan fingerprint density at radius 2 is 1.83 bits per heavy atom. The van der Waals surface area contributed by atoms with E-state index in [1.165, 1.54) is 12.0 Å². The van der Waals surface area contributed by atoms with Crippen molar-refractivity contribution >= 4 is 0 Å². The first-order valence-corrected chi connectivity index (χ1v) is 6.98. The van der Waals surface area contributed by atoms with Crippen LogP contribution in [0.4, 0.5) is 0 Å². The summed E-state index contributed by atoms with van der Waals surface area (Å²) in [6.45, 7) is 7.68. The molecule has 0 aliphatic rings. The third kappa shape index (κ3) is 5.65. The summed E-state index contributed by atoms with van der Waals surface area (Å²) in [7, 11) is 0. The molecule has 0 fully saturated rings. The summed E-state index contributed by atoms with van der Waals surface area (Å²) in [6.07, 6.45) is 2.78. The van der Waals surface area contributed by atoms with E-state index in [-0.39, 0.29) is 0 Å². The fraction of sp³-hybridized carbons (Fsp3) is 0.625. The predicted molar refractivity (Wildman–Crippen MR) is 75.7 cm³/mol. The summed E-state index contributed by atoms with van der Waals surface area (Å²) < 4.78 is 5.51. The highest BCUT2D eigenvalue weighted by Gasteiger charge is 2.07. The van der Waals surface area contributed by atoms with Crippen LogP contribution in [0.2, 0.25) is 0 Å². The molecular formula is C16H26O2. The van der Waals surface area contributed by atoms with Crippen LogP contribution in [0, 0.1) is 5.92 Å². The topological polar surface area (TPSA) is 29.5 Å². The molecule has 1 atom stereocenters. The van der Waals surface area contributed by atoms with Crippen LogP contribution in [0.1, 0.15) is 50.8 Å². The molecule has 1 aromatic rings. The summed E-state index contributed by atoms with van der Waals surface area (Å²) in [5, 5.41) is 9.97. The second kappa shape index (κ2) is 8.28. The van der Waals surface area contributed by atoms with E-state index >= 15 is 0 Å². The lowest BCUT2D eigenvalue weighted by molar-refractivity contribution is 0.0338. The Bertz CT molecular complexity index is 316. The Morgan fingerprint density at radius 1 is 1.17 bits per heavy atom. The molecule has 2 nitrogen and oxygen atoms in total. The van der Waals surface area contributed by atoms with E-state index in [0.29, 0.717) is 6.61 Å². The third-order valence-corrected chi connectivity index (χ3v) is 3.12. The minimum Gasteiger partial charge on any atom is -0.386 e. The van der Waals surface area contributed by atoms with Gasteiger partial charge in [-0.2, -0.15) is 0 Å². The average Bonchev–Trinajstić information content (AvgIpc) is 2.38. The van der Waals surface area contributed by atoms with Crippen LogP contribution in [-0.2, 0) is 11.2 Å². The maximum Gasteiger partial charge on any atom is 0.102 e. The van der Waals surface area contributed by atoms with E-state index in [1.54, 1.807) is 0 Å². The highest BCUT2D eigenvalue weighted by Crippen LogP contribution is 2.15. The molecule has 18 heavy (non-hydrogen) atoms. The number of hydrogen-bond donors (Lipinski definition) is 1. The Labute approximate surface area is 111 Å². The molecule has 0 aliphatic carbocycles. The van der Waals surface area contributed by atoms with Gasteiger partial charge < -0.3 is 9.84 Å². The van der Waals surface area contributed by atoms with Gasteiger partial charge in [0.25, 0.3) is 0 Å². The fourth-order valence-electron chi connectivity index (χ4n) is 1.86. The minimum absolute atomic E-state index is 0.392. The van der Waals surface area contributed by atoms with Crippen LogP contribution in [0.5, 0.6) is 0 Å². The smallest absolute Gasteiger partial charge is 0.102 e. The van der Waals surface area contributed by atoms with E-state index in [0.717, 1.165) is 30.9 Å². The molecule has 2 heteroatoms. The number of benzene rings is 1. The van der Waals surface area contributed by atoms with Gasteiger partial charge in [0.15, 0.2) is 0 Å². The molecule has 0 radical (unpaired) electrons. The largest absolute Gasteiger partial charge is 0.386 e. The first-order valence-electron chi connectivity index (χ1n) is 6.98. The summed E-state index contributed by atoms with van der Waals surface area (Å²) in [5.74, 6) is 0.722. The number of ether oxygens (including phenoxy) is 1. The molecule has 1 N–H and O–H groups in total. The number of aliphatic hydroxyl groups excluding tert-OH is 1. The third-order valence-electron chi connectivity index (χ3n) is 3.12. The SMILES string of the molecule is CCc1ccc(C(O)COCCCC(C)C)cc1. The molecule has 0 bridgehead atoms. The van der Waals surface area contributed by atoms with Gasteiger partial charge in [-0.1, -0.05) is 45.0 Å². The van der Waals surface area contributed by atoms with Crippen molar-refractivity contribution in [2.24, 2.45) is 5.92 Å². The van der Waals surface area contributed by atoms with Gasteiger partial charge in [-0.25, -0.2) is 0 Å². The molecule has 1 unspecified atom stereocenters. The van der Waals surface area contributed by atoms with Gasteiger partial charge in [-0.3, -0.25) is 0 Å². The van der Waals surface area contributed by atoms with Crippen molar-refractivity contribution in [3.8, 4) is 0 Å². The quantitative estimate of drug-likeness (QED) is 0.712. The van der Waals surface area contributed by atoms with E-state index in [1.807, 2.05) is 12.1 Å². The second-order valence-electron chi connectivity index (χ2n) is 5.22. The highest BCUT2D eigenvalue weighted by atomic mass is 16.5. The lowest BCUT2D eigenvalue weighted by atomic mass is 10.1. The van der Waals surface area contributed by atoms with E-state index in [2.05, 4.69) is 32.9 Å². The predicted octanol–water partition coefficient (Wildman–Crippen LogP) is 3.74. The molecule has 0 aliphatic heterocycles. The van der Waals surface area contributed by atoms with Crippen LogP contribution >= 0.6 is 0 Å². The Balaban J connectivity index is 2.25. The summed E-state index contributed by atoms with van der Waals surface area (Å²) in [5.41, 5.74) is 2.24. The number of hydrogen-bond acceptors (Lipinski definition) is 2. The molecule has 0 spiro atoms. The lowest BCUT2D eigenvalue weighted by Crippen LogP contribution is -2.08. The van der Waals surface area contributed by atoms with E-state index in [9.17, 15) is 5.11 Å². The highest BCUT2D eigenvalue weighted by molar-refractivity contribution is 5.24. The van der Waals surface area contributed by atoms with E-state index in [4.69, 9.17) is 4.74 Å². The number of rotatable bonds is 8. The molecule has 1 aromatic carbocycles. The molecular weight excluding hydrogens is 224 g/mol. The first-order chi connectivity index (χ1) is 8.63. The van der Waals surface area contributed by atoms with Gasteiger partial charge in [-0.05, 0) is 36.3 Å². The molecule has 1 rings (SSSR count). The molecule has 0 aromatic heterocycles. The minimum atomic E-state index is -0.505. The monoisotopic (exact) mass is 250 g/mol. The first kappa shape index (κ1) is 15.2. The maximum absolute atomic E-state index is 9.97. The van der Waals surface area contributed by atoms with Crippen molar-refractivity contribution in [2.75, 3.05) is 13.2 Å². The maximum atomic E-state index is 9.97. The molecule has 0 saturated carbocycles. The van der Waals surface area contributed by atoms with Crippen molar-refractivity contribution in [1.29, 1.82) is 0 Å². The van der Waals surface area contributed by atoms with Crippen molar-refractivity contribution in [2.45, 2.75) is 46.1 Å². The zero-order valence-electron chi connectivity index (χ0n) is 11.9. The van der Waals surface area contributed by atoms with Gasteiger partial charge in [0.1, 0.15) is 6.10 Å². The number of aryl methyl sites for hydroxylation is 1. The van der Waals surface area contributed by atoms with Crippen LogP contribution in [0.3, 0.4) is 0 Å². The van der Waals surface area contributed by atoms with Gasteiger partial charge in [0.05, 0.1) is 6.61 Å². The van der Waals surface area contributed by atoms with Crippen molar-refractivity contribution in [3.63, 3.8) is 0 Å². The standard InChI is InChI=1S/C16H26O2/c1-4-14-7-9-15(10-8-14)16(17)12-18-11-5-6-13(2)3/h7-10,13,16-17H,4-6,11-12H2,1-3H3. The molecule has 0 saturated heterocycles. The van der Waals surface area contributed by atoms with Crippen molar-refractivity contribution in [3.05, 3.63) is 35.4 Å². The molecule has 0 amide bonds. The summed E-state index contributed by atoms with van der Waals surface area (Å²) >= 11 is 0. The normalized spacial score (nSPS) is 12.9. The fourth-order valence-corrected chi connectivity index (χ4v) is 1.86. The van der Waals surface area contributed by atoms with Gasteiger partial charge in [0.2, 0.25) is 0 Å². The lowest BCUT2D eigenvalue weighted by Gasteiger charge is -2.12. The Hall–Kier alpha value is -0.860. The second-order valence-corrected chi connectivity index (χ2v) is 5.22.